The van der Waals surface area contributed by atoms with Gasteiger partial charge < -0.3 is 9.47 Å². The van der Waals surface area contributed by atoms with Crippen LogP contribution in [0.4, 0.5) is 11.4 Å². The Bertz CT molecular complexity index is 1130. The van der Waals surface area contributed by atoms with Gasteiger partial charge in [0, 0.05) is 29.3 Å². The van der Waals surface area contributed by atoms with E-state index >= 15 is 0 Å². The molecule has 0 heterocycles. The summed E-state index contributed by atoms with van der Waals surface area (Å²) >= 11 is 0. The summed E-state index contributed by atoms with van der Waals surface area (Å²) in [5.41, 5.74) is 1.56. The van der Waals surface area contributed by atoms with Crippen LogP contribution in [0.3, 0.4) is 0 Å². The molecule has 0 bridgehead atoms. The lowest BCUT2D eigenvalue weighted by atomic mass is 10.1. The van der Waals surface area contributed by atoms with Crippen LogP contribution in [0.25, 0.3) is 0 Å². The van der Waals surface area contributed by atoms with Gasteiger partial charge in [-0.3, -0.25) is 20.2 Å². The van der Waals surface area contributed by atoms with E-state index in [1.807, 2.05) is 12.1 Å². The second-order valence-corrected chi connectivity index (χ2v) is 6.12. The van der Waals surface area contributed by atoms with Crippen LogP contribution in [0, 0.1) is 32.1 Å². The maximum absolute atomic E-state index is 11.3. The molecule has 0 aliphatic heterocycles. The number of rotatable bonds is 6. The Labute approximate surface area is 172 Å². The summed E-state index contributed by atoms with van der Waals surface area (Å²) < 4.78 is 10.7. The quantitative estimate of drug-likeness (QED) is 0.340. The highest BCUT2D eigenvalue weighted by atomic mass is 16.6. The lowest BCUT2D eigenvalue weighted by Gasteiger charge is -2.07. The number of nitro groups is 2. The zero-order valence-corrected chi connectivity index (χ0v) is 15.9. The van der Waals surface area contributed by atoms with Crippen molar-refractivity contribution in [3.05, 3.63) is 104 Å². The molecule has 0 unspecified atom stereocenters. The smallest absolute Gasteiger partial charge is 0.276 e. The highest BCUT2D eigenvalue weighted by molar-refractivity contribution is 5.50. The topological polar surface area (TPSA) is 105 Å². The summed E-state index contributed by atoms with van der Waals surface area (Å²) in [7, 11) is 1.58. The van der Waals surface area contributed by atoms with Gasteiger partial charge in [0.25, 0.3) is 11.4 Å². The molecule has 3 aromatic carbocycles. The number of non-ortho nitro benzene ring substituents is 1. The number of benzene rings is 3. The van der Waals surface area contributed by atoms with E-state index in [0.717, 1.165) is 11.3 Å². The zero-order valence-electron chi connectivity index (χ0n) is 15.9. The third-order valence-corrected chi connectivity index (χ3v) is 4.16. The average Bonchev–Trinajstić information content (AvgIpc) is 2.76. The molecule has 0 atom stereocenters. The van der Waals surface area contributed by atoms with Crippen LogP contribution < -0.4 is 9.47 Å². The van der Waals surface area contributed by atoms with Gasteiger partial charge in [0.15, 0.2) is 0 Å². The van der Waals surface area contributed by atoms with Crippen molar-refractivity contribution in [1.29, 1.82) is 0 Å². The van der Waals surface area contributed by atoms with Gasteiger partial charge in [-0.1, -0.05) is 11.8 Å². The largest absolute Gasteiger partial charge is 0.497 e. The third-order valence-electron chi connectivity index (χ3n) is 4.16. The van der Waals surface area contributed by atoms with E-state index in [-0.39, 0.29) is 18.0 Å². The Morgan fingerprint density at radius 3 is 2.00 bits per heavy atom. The van der Waals surface area contributed by atoms with Crippen molar-refractivity contribution in [3.8, 4) is 23.3 Å². The number of nitrogens with zero attached hydrogens (tertiary/aromatic N) is 2. The van der Waals surface area contributed by atoms with E-state index in [0.29, 0.717) is 16.9 Å². The Hall–Kier alpha value is -4.38. The van der Waals surface area contributed by atoms with E-state index in [9.17, 15) is 20.2 Å². The molecule has 3 aromatic rings. The zero-order chi connectivity index (χ0) is 21.5. The third kappa shape index (κ3) is 5.11. The van der Waals surface area contributed by atoms with Gasteiger partial charge in [-0.2, -0.15) is 0 Å². The van der Waals surface area contributed by atoms with Gasteiger partial charge in [-0.05, 0) is 48.5 Å². The molecule has 150 valence electrons. The normalized spacial score (nSPS) is 9.90. The van der Waals surface area contributed by atoms with Crippen molar-refractivity contribution in [2.75, 3.05) is 7.11 Å². The summed E-state index contributed by atoms with van der Waals surface area (Å²) in [6, 6.07) is 17.3. The first-order valence-electron chi connectivity index (χ1n) is 8.77. The van der Waals surface area contributed by atoms with E-state index in [4.69, 9.17) is 9.47 Å². The molecule has 0 aliphatic carbocycles. The fraction of sp³-hybridized carbons (Fsp3) is 0.0909. The molecule has 0 saturated carbocycles. The molecule has 0 fully saturated rings. The van der Waals surface area contributed by atoms with Crippen LogP contribution in [-0.4, -0.2) is 17.0 Å². The SMILES string of the molecule is COc1ccc(C#Cc2ccc([N+](=O)[O-])c(COc3ccc([N+](=O)[O-])cc3)c2)cc1. The monoisotopic (exact) mass is 404 g/mol. The summed E-state index contributed by atoms with van der Waals surface area (Å²) in [5.74, 6) is 7.07. The molecule has 8 heteroatoms. The standard InChI is InChI=1S/C22H16N2O6/c1-29-20-9-4-16(5-10-20)2-3-17-6-13-22(24(27)28)18(14-17)15-30-21-11-7-19(8-12-21)23(25)26/h4-14H,15H2,1H3. The molecule has 0 radical (unpaired) electrons. The van der Waals surface area contributed by atoms with Crippen LogP contribution >= 0.6 is 0 Å². The van der Waals surface area contributed by atoms with E-state index < -0.39 is 9.85 Å². The second kappa shape index (κ2) is 9.21. The lowest BCUT2D eigenvalue weighted by Crippen LogP contribution is -2.01. The first-order valence-corrected chi connectivity index (χ1v) is 8.77. The van der Waals surface area contributed by atoms with Gasteiger partial charge in [0.2, 0.25) is 0 Å². The first-order chi connectivity index (χ1) is 14.5. The number of methoxy groups -OCH3 is 1. The Morgan fingerprint density at radius 2 is 1.40 bits per heavy atom. The summed E-state index contributed by atoms with van der Waals surface area (Å²) in [6.45, 7) is -0.0772. The first kappa shape index (κ1) is 20.4. The Balaban J connectivity index is 1.79. The minimum absolute atomic E-state index is 0.0656. The lowest BCUT2D eigenvalue weighted by molar-refractivity contribution is -0.385. The van der Waals surface area contributed by atoms with Gasteiger partial charge in [0.05, 0.1) is 22.5 Å². The molecule has 30 heavy (non-hydrogen) atoms. The summed E-state index contributed by atoms with van der Waals surface area (Å²) in [6.07, 6.45) is 0. The Kier molecular flexibility index (Phi) is 6.25. The van der Waals surface area contributed by atoms with Crippen LogP contribution in [0.2, 0.25) is 0 Å². The van der Waals surface area contributed by atoms with Crippen molar-refractivity contribution in [2.45, 2.75) is 6.61 Å². The molecule has 8 nitrogen and oxygen atoms in total. The van der Waals surface area contributed by atoms with Crippen LogP contribution in [-0.2, 0) is 6.61 Å². The predicted molar refractivity (Wildman–Crippen MR) is 109 cm³/mol. The molecule has 3 rings (SSSR count). The highest BCUT2D eigenvalue weighted by Gasteiger charge is 2.15. The number of hydrogen-bond acceptors (Lipinski definition) is 6. The van der Waals surface area contributed by atoms with E-state index in [2.05, 4.69) is 11.8 Å². The predicted octanol–water partition coefficient (Wildman–Crippen LogP) is 4.49. The molecule has 0 aliphatic rings. The van der Waals surface area contributed by atoms with Crippen LogP contribution in [0.15, 0.2) is 66.7 Å². The van der Waals surface area contributed by atoms with Crippen molar-refractivity contribution in [1.82, 2.24) is 0 Å². The minimum Gasteiger partial charge on any atom is -0.497 e. The van der Waals surface area contributed by atoms with Crippen molar-refractivity contribution < 1.29 is 19.3 Å². The summed E-state index contributed by atoms with van der Waals surface area (Å²) in [4.78, 5) is 21.0. The second-order valence-electron chi connectivity index (χ2n) is 6.12. The molecular formula is C22H16N2O6. The molecule has 0 saturated heterocycles. The fourth-order valence-electron chi connectivity index (χ4n) is 2.60. The van der Waals surface area contributed by atoms with Crippen LogP contribution in [0.1, 0.15) is 16.7 Å². The molecule has 0 amide bonds. The van der Waals surface area contributed by atoms with Gasteiger partial charge in [-0.15, -0.1) is 0 Å². The van der Waals surface area contributed by atoms with Gasteiger partial charge >= 0.3 is 0 Å². The van der Waals surface area contributed by atoms with Gasteiger partial charge in [0.1, 0.15) is 18.1 Å². The summed E-state index contributed by atoms with van der Waals surface area (Å²) in [5, 5.41) is 22.0. The maximum atomic E-state index is 11.3. The van der Waals surface area contributed by atoms with E-state index in [1.54, 1.807) is 31.4 Å². The Morgan fingerprint density at radius 1 is 0.800 bits per heavy atom. The maximum Gasteiger partial charge on any atom is 0.276 e. The molecule has 0 N–H and O–H groups in total. The van der Waals surface area contributed by atoms with Gasteiger partial charge in [-0.25, -0.2) is 0 Å². The number of hydrogen-bond donors (Lipinski definition) is 0. The fourth-order valence-corrected chi connectivity index (χ4v) is 2.60. The average molecular weight is 404 g/mol. The van der Waals surface area contributed by atoms with Crippen molar-refractivity contribution >= 4 is 11.4 Å². The molecular weight excluding hydrogens is 388 g/mol. The van der Waals surface area contributed by atoms with E-state index in [1.165, 1.54) is 30.3 Å². The number of nitro benzene ring substituents is 2. The van der Waals surface area contributed by atoms with Crippen molar-refractivity contribution in [2.24, 2.45) is 0 Å². The number of ether oxygens (including phenoxy) is 2. The highest BCUT2D eigenvalue weighted by Crippen LogP contribution is 2.23. The van der Waals surface area contributed by atoms with Crippen LogP contribution in [0.5, 0.6) is 11.5 Å². The molecule has 0 aromatic heterocycles. The molecule has 0 spiro atoms. The minimum atomic E-state index is -0.514. The van der Waals surface area contributed by atoms with Crippen molar-refractivity contribution in [3.63, 3.8) is 0 Å².